The summed E-state index contributed by atoms with van der Waals surface area (Å²) >= 11 is 0. The number of aliphatic hydroxyl groups is 4. The van der Waals surface area contributed by atoms with Gasteiger partial charge in [-0.1, -0.05) is 60.7 Å². The van der Waals surface area contributed by atoms with Gasteiger partial charge in [-0.3, -0.25) is 9.80 Å². The number of nitrogens with zero attached hydrogens (tertiary/aromatic N) is 2. The highest BCUT2D eigenvalue weighted by atomic mass is 19.1. The quantitative estimate of drug-likeness (QED) is 0.0702. The molecule has 0 saturated carbocycles. The van der Waals surface area contributed by atoms with Crippen molar-refractivity contribution in [1.82, 2.24) is 9.80 Å². The number of benzene rings is 6. The van der Waals surface area contributed by atoms with Crippen molar-refractivity contribution < 1.29 is 56.9 Å². The first-order valence-corrected chi connectivity index (χ1v) is 24.9. The van der Waals surface area contributed by atoms with Crippen LogP contribution in [0, 0.1) is 23.3 Å². The highest BCUT2D eigenvalue weighted by Crippen LogP contribution is 2.34. The molecule has 14 heteroatoms. The zero-order chi connectivity index (χ0) is 50.1. The van der Waals surface area contributed by atoms with Gasteiger partial charge in [0.25, 0.3) is 0 Å². The third kappa shape index (κ3) is 13.3. The maximum absolute atomic E-state index is 13.5. The summed E-state index contributed by atoms with van der Waals surface area (Å²) in [5.41, 5.74) is 5.36. The Balaban J connectivity index is 0.000000178. The molecule has 6 aromatic rings. The van der Waals surface area contributed by atoms with Crippen LogP contribution in [0.2, 0.25) is 0 Å². The van der Waals surface area contributed by atoms with E-state index >= 15 is 0 Å². The third-order valence-corrected chi connectivity index (χ3v) is 14.0. The fraction of sp³-hybridized carbons (Fsp3) is 0.379. The third-order valence-electron chi connectivity index (χ3n) is 14.0. The summed E-state index contributed by atoms with van der Waals surface area (Å²) in [5.74, 6) is 1.24. The van der Waals surface area contributed by atoms with Crippen LogP contribution < -0.4 is 18.9 Å². The first-order valence-electron chi connectivity index (χ1n) is 24.9. The van der Waals surface area contributed by atoms with Gasteiger partial charge in [0.15, 0.2) is 0 Å². The van der Waals surface area contributed by atoms with E-state index in [1.807, 2.05) is 70.5 Å². The van der Waals surface area contributed by atoms with Gasteiger partial charge in [0.05, 0.1) is 0 Å². The van der Waals surface area contributed by atoms with E-state index in [0.717, 1.165) is 33.4 Å². The lowest BCUT2D eigenvalue weighted by Gasteiger charge is -2.35. The van der Waals surface area contributed by atoms with Gasteiger partial charge >= 0.3 is 0 Å². The van der Waals surface area contributed by atoms with Gasteiger partial charge in [0.2, 0.25) is 0 Å². The molecule has 4 heterocycles. The molecule has 0 fully saturated rings. The lowest BCUT2D eigenvalue weighted by molar-refractivity contribution is -0.0296. The molecule has 72 heavy (non-hydrogen) atoms. The molecule has 6 aromatic carbocycles. The number of rotatable bonds is 16. The largest absolute Gasteiger partial charge is 0.487 e. The van der Waals surface area contributed by atoms with E-state index < -0.39 is 48.8 Å². The van der Waals surface area contributed by atoms with Crippen LogP contribution in [0.4, 0.5) is 17.6 Å². The Morgan fingerprint density at radius 1 is 0.375 bits per heavy atom. The molecule has 8 atom stereocenters. The molecule has 10 nitrogen and oxygen atoms in total. The number of aliphatic hydroxyl groups excluding tert-OH is 4. The standard InChI is InChI=1S/2C29H31F2NO4/c2*30-22-8-12-26-20(14-22)6-10-28(35-26)24(33)17-32(16-19-4-2-1-3-5-19)18-25(34)29-11-7-21-15-23(31)9-13-27(21)36-29/h2*1-5,8-9,12-15,24-25,28-29,33-34H,6-7,10-11,16-18H2/t2*24-,25+,28-,29-/m10/s1. The molecule has 0 spiro atoms. The van der Waals surface area contributed by atoms with Gasteiger partial charge in [-0.25, -0.2) is 17.6 Å². The Morgan fingerprint density at radius 2 is 0.625 bits per heavy atom. The molecule has 0 radical (unpaired) electrons. The summed E-state index contributed by atoms with van der Waals surface area (Å²) < 4.78 is 78.2. The summed E-state index contributed by atoms with van der Waals surface area (Å²) in [7, 11) is 0. The maximum Gasteiger partial charge on any atom is 0.126 e. The van der Waals surface area contributed by atoms with Crippen LogP contribution in [-0.4, -0.2) is 105 Å². The average Bonchev–Trinajstić information content (AvgIpc) is 3.38. The van der Waals surface area contributed by atoms with Gasteiger partial charge in [-0.05, 0) is 158 Å². The number of ether oxygens (including phenoxy) is 4. The number of aryl methyl sites for hydroxylation is 4. The van der Waals surface area contributed by atoms with Crippen molar-refractivity contribution in [3.8, 4) is 23.0 Å². The summed E-state index contributed by atoms with van der Waals surface area (Å²) in [5, 5.41) is 44.4. The molecule has 10 rings (SSSR count). The molecule has 4 aliphatic heterocycles. The summed E-state index contributed by atoms with van der Waals surface area (Å²) in [6, 6.07) is 37.6. The predicted molar refractivity (Wildman–Crippen MR) is 264 cm³/mol. The van der Waals surface area contributed by atoms with E-state index in [0.29, 0.717) is 114 Å². The molecule has 0 amide bonds. The van der Waals surface area contributed by atoms with Crippen molar-refractivity contribution in [2.24, 2.45) is 0 Å². The van der Waals surface area contributed by atoms with Crippen molar-refractivity contribution in [2.45, 2.75) is 113 Å². The second-order valence-corrected chi connectivity index (χ2v) is 19.4. The number of fused-ring (bicyclic) bond motifs is 4. The van der Waals surface area contributed by atoms with Gasteiger partial charge in [0, 0.05) is 39.3 Å². The lowest BCUT2D eigenvalue weighted by Crippen LogP contribution is -2.48. The Labute approximate surface area is 418 Å². The minimum Gasteiger partial charge on any atom is -0.487 e. The Hall–Kier alpha value is -6.00. The normalized spacial score (nSPS) is 20.6. The minimum atomic E-state index is -0.796. The summed E-state index contributed by atoms with van der Waals surface area (Å²) in [4.78, 5) is 4.02. The van der Waals surface area contributed by atoms with Crippen LogP contribution in [0.1, 0.15) is 59.1 Å². The molecule has 0 aliphatic carbocycles. The molecule has 0 aromatic heterocycles. The van der Waals surface area contributed by atoms with E-state index in [9.17, 15) is 38.0 Å². The highest BCUT2D eigenvalue weighted by molar-refractivity contribution is 5.39. The molecule has 4 aliphatic rings. The van der Waals surface area contributed by atoms with Crippen LogP contribution >= 0.6 is 0 Å². The zero-order valence-electron chi connectivity index (χ0n) is 40.0. The van der Waals surface area contributed by atoms with E-state index in [4.69, 9.17) is 18.9 Å². The zero-order valence-corrected chi connectivity index (χ0v) is 40.0. The number of hydrogen-bond acceptors (Lipinski definition) is 10. The minimum absolute atomic E-state index is 0.293. The number of halogens is 4. The average molecular weight is 991 g/mol. The van der Waals surface area contributed by atoms with Gasteiger partial charge in [-0.2, -0.15) is 0 Å². The fourth-order valence-electron chi connectivity index (χ4n) is 10.2. The Bertz CT molecular complexity index is 2390. The Kier molecular flexibility index (Phi) is 16.8. The molecular weight excluding hydrogens is 929 g/mol. The first-order chi connectivity index (χ1) is 34.9. The predicted octanol–water partition coefficient (Wildman–Crippen LogP) is 8.55. The second kappa shape index (κ2) is 23.7. The Morgan fingerprint density at radius 3 is 0.875 bits per heavy atom. The number of hydrogen-bond donors (Lipinski definition) is 4. The topological polar surface area (TPSA) is 124 Å². The first kappa shape index (κ1) is 50.9. The van der Waals surface area contributed by atoms with Crippen molar-refractivity contribution in [1.29, 1.82) is 0 Å². The van der Waals surface area contributed by atoms with Crippen LogP contribution in [0.25, 0.3) is 0 Å². The monoisotopic (exact) mass is 990 g/mol. The van der Waals surface area contributed by atoms with E-state index in [1.165, 1.54) is 48.5 Å². The smallest absolute Gasteiger partial charge is 0.126 e. The molecule has 0 unspecified atom stereocenters. The molecule has 380 valence electrons. The van der Waals surface area contributed by atoms with Crippen LogP contribution in [0.5, 0.6) is 23.0 Å². The van der Waals surface area contributed by atoms with Crippen LogP contribution in [0.15, 0.2) is 133 Å². The van der Waals surface area contributed by atoms with Crippen molar-refractivity contribution in [2.75, 3.05) is 26.2 Å². The maximum atomic E-state index is 13.5. The van der Waals surface area contributed by atoms with E-state index in [1.54, 1.807) is 24.3 Å². The molecule has 0 saturated heterocycles. The highest BCUT2D eigenvalue weighted by Gasteiger charge is 2.34. The van der Waals surface area contributed by atoms with Crippen molar-refractivity contribution in [3.63, 3.8) is 0 Å². The lowest BCUT2D eigenvalue weighted by atomic mass is 9.97. The van der Waals surface area contributed by atoms with Gasteiger partial charge in [-0.15, -0.1) is 0 Å². The molecule has 0 bridgehead atoms. The van der Waals surface area contributed by atoms with E-state index in [2.05, 4.69) is 0 Å². The SMILES string of the molecule is O[C@H](CN(Cc1ccccc1)C[C@H](O)[C@@H]1CCc2cc(F)ccc2O1)[C@@H]1CCc2cc(F)ccc2O1.O[C@H](CN(Cc1ccccc1)C[C@H](O)[C@H]1CCc2cc(F)ccc2O1)[C@H]1CCc2cc(F)ccc2O1. The van der Waals surface area contributed by atoms with Crippen molar-refractivity contribution in [3.05, 3.63) is 190 Å². The van der Waals surface area contributed by atoms with Crippen LogP contribution in [0.3, 0.4) is 0 Å². The van der Waals surface area contributed by atoms with Crippen molar-refractivity contribution >= 4 is 0 Å². The van der Waals surface area contributed by atoms with Crippen LogP contribution in [-0.2, 0) is 38.8 Å². The van der Waals surface area contributed by atoms with Gasteiger partial charge in [0.1, 0.15) is 95.1 Å². The second-order valence-electron chi connectivity index (χ2n) is 19.4. The van der Waals surface area contributed by atoms with Gasteiger partial charge < -0.3 is 39.4 Å². The summed E-state index contributed by atoms with van der Waals surface area (Å²) in [6.45, 7) is 2.25. The molecule has 4 N–H and O–H groups in total. The molecular formula is C58H62F4N2O8. The van der Waals surface area contributed by atoms with E-state index in [-0.39, 0.29) is 23.3 Å². The summed E-state index contributed by atoms with van der Waals surface area (Å²) in [6.07, 6.45) is -0.0334. The fourth-order valence-corrected chi connectivity index (χ4v) is 10.2.